The third kappa shape index (κ3) is 6.57. The highest BCUT2D eigenvalue weighted by Crippen LogP contribution is 2.24. The highest BCUT2D eigenvalue weighted by atomic mass is 127. The van der Waals surface area contributed by atoms with Crippen LogP contribution in [-0.4, -0.2) is 52.9 Å². The van der Waals surface area contributed by atoms with Crippen molar-refractivity contribution in [2.24, 2.45) is 12.0 Å². The van der Waals surface area contributed by atoms with Crippen molar-refractivity contribution in [3.05, 3.63) is 28.0 Å². The average Bonchev–Trinajstić information content (AvgIpc) is 3.40. The van der Waals surface area contributed by atoms with E-state index in [2.05, 4.69) is 53.7 Å². The van der Waals surface area contributed by atoms with Crippen LogP contribution in [0.4, 0.5) is 5.13 Å². The van der Waals surface area contributed by atoms with Gasteiger partial charge in [-0.25, -0.2) is 4.98 Å². The van der Waals surface area contributed by atoms with Crippen molar-refractivity contribution in [2.45, 2.75) is 59.4 Å². The summed E-state index contributed by atoms with van der Waals surface area (Å²) in [5.74, 6) is 0.870. The largest absolute Gasteiger partial charge is 0.357 e. The summed E-state index contributed by atoms with van der Waals surface area (Å²) >= 11 is 1.76. The van der Waals surface area contributed by atoms with Gasteiger partial charge < -0.3 is 15.5 Å². The number of guanidine groups is 1. The molecule has 0 saturated carbocycles. The van der Waals surface area contributed by atoms with Crippen LogP contribution in [0, 0.1) is 13.8 Å². The summed E-state index contributed by atoms with van der Waals surface area (Å²) in [6.07, 6.45) is 4.37. The van der Waals surface area contributed by atoms with E-state index in [1.165, 1.54) is 29.2 Å². The number of aryl methyl sites for hydroxylation is 2. The summed E-state index contributed by atoms with van der Waals surface area (Å²) in [5.41, 5.74) is 4.81. The van der Waals surface area contributed by atoms with Gasteiger partial charge in [-0.2, -0.15) is 5.10 Å². The first-order valence-corrected chi connectivity index (χ1v) is 11.6. The predicted molar refractivity (Wildman–Crippen MR) is 138 cm³/mol. The molecule has 0 spiro atoms. The van der Waals surface area contributed by atoms with E-state index >= 15 is 0 Å². The quantitative estimate of drug-likeness (QED) is 0.302. The van der Waals surface area contributed by atoms with Gasteiger partial charge in [0.1, 0.15) is 0 Å². The Balaban J connectivity index is 0.00000320. The second-order valence-electron chi connectivity index (χ2n) is 7.85. The van der Waals surface area contributed by atoms with E-state index in [1.54, 1.807) is 11.3 Å². The van der Waals surface area contributed by atoms with Gasteiger partial charge in [0.15, 0.2) is 11.1 Å². The molecule has 1 fully saturated rings. The first-order chi connectivity index (χ1) is 14.0. The molecule has 1 aliphatic heterocycles. The summed E-state index contributed by atoms with van der Waals surface area (Å²) in [6, 6.07) is 0.274. The number of thiazole rings is 1. The Morgan fingerprint density at radius 1 is 1.30 bits per heavy atom. The van der Waals surface area contributed by atoms with Gasteiger partial charge in [0, 0.05) is 56.8 Å². The SMILES string of the molecule is CCNC(=NCCc1csc(N2CCCC2)n1)NC(C)Cc1c(C)nn(C)c1C.I. The summed E-state index contributed by atoms with van der Waals surface area (Å²) in [4.78, 5) is 12.0. The van der Waals surface area contributed by atoms with E-state index in [0.717, 1.165) is 56.4 Å². The number of anilines is 1. The average molecular weight is 546 g/mol. The maximum atomic E-state index is 4.80. The van der Waals surface area contributed by atoms with E-state index in [4.69, 9.17) is 9.98 Å². The molecule has 30 heavy (non-hydrogen) atoms. The van der Waals surface area contributed by atoms with Gasteiger partial charge in [0.2, 0.25) is 0 Å². The fraction of sp³-hybridized carbons (Fsp3) is 0.667. The van der Waals surface area contributed by atoms with Crippen LogP contribution in [0.2, 0.25) is 0 Å². The Morgan fingerprint density at radius 2 is 2.03 bits per heavy atom. The van der Waals surface area contributed by atoms with Crippen molar-refractivity contribution >= 4 is 46.4 Å². The molecule has 0 radical (unpaired) electrons. The fourth-order valence-corrected chi connectivity index (χ4v) is 4.68. The Morgan fingerprint density at radius 3 is 2.67 bits per heavy atom. The van der Waals surface area contributed by atoms with Gasteiger partial charge in [-0.3, -0.25) is 9.67 Å². The van der Waals surface area contributed by atoms with Crippen LogP contribution in [0.15, 0.2) is 10.4 Å². The molecule has 2 aromatic heterocycles. The smallest absolute Gasteiger partial charge is 0.191 e. The standard InChI is InChI=1S/C21H35N7S.HI/c1-6-22-20(24-15(2)13-19-16(3)26-27(5)17(19)4)23-10-9-18-14-29-21(25-18)28-11-7-8-12-28;/h14-15H,6-13H2,1-5H3,(H2,22,23,24);1H. The van der Waals surface area contributed by atoms with Crippen molar-refractivity contribution in [3.63, 3.8) is 0 Å². The first-order valence-electron chi connectivity index (χ1n) is 10.7. The van der Waals surface area contributed by atoms with Gasteiger partial charge in [-0.1, -0.05) is 0 Å². The number of hydrogen-bond acceptors (Lipinski definition) is 5. The first kappa shape index (κ1) is 24.9. The van der Waals surface area contributed by atoms with Crippen LogP contribution in [-0.2, 0) is 19.9 Å². The van der Waals surface area contributed by atoms with E-state index in [-0.39, 0.29) is 30.0 Å². The van der Waals surface area contributed by atoms with Gasteiger partial charge in [0.25, 0.3) is 0 Å². The molecular formula is C21H36IN7S. The third-order valence-corrected chi connectivity index (χ3v) is 6.40. The Hall–Kier alpha value is -1.36. The van der Waals surface area contributed by atoms with E-state index in [0.29, 0.717) is 0 Å². The highest BCUT2D eigenvalue weighted by Gasteiger charge is 2.16. The van der Waals surface area contributed by atoms with Crippen molar-refractivity contribution in [1.82, 2.24) is 25.4 Å². The van der Waals surface area contributed by atoms with E-state index in [9.17, 15) is 0 Å². The summed E-state index contributed by atoms with van der Waals surface area (Å²) < 4.78 is 1.96. The van der Waals surface area contributed by atoms with E-state index in [1.807, 2.05) is 11.7 Å². The zero-order valence-corrected chi connectivity index (χ0v) is 22.0. The zero-order chi connectivity index (χ0) is 20.8. The van der Waals surface area contributed by atoms with Crippen LogP contribution in [0.25, 0.3) is 0 Å². The predicted octanol–water partition coefficient (Wildman–Crippen LogP) is 3.44. The Bertz CT molecular complexity index is 823. The van der Waals surface area contributed by atoms with Gasteiger partial charge in [0.05, 0.1) is 11.4 Å². The van der Waals surface area contributed by atoms with Crippen molar-refractivity contribution in [1.29, 1.82) is 0 Å². The minimum absolute atomic E-state index is 0. The molecule has 0 amide bonds. The lowest BCUT2D eigenvalue weighted by molar-refractivity contribution is 0.635. The topological polar surface area (TPSA) is 70.4 Å². The normalized spacial score (nSPS) is 15.2. The lowest BCUT2D eigenvalue weighted by Gasteiger charge is -2.18. The van der Waals surface area contributed by atoms with Gasteiger partial charge in [-0.05, 0) is 52.5 Å². The Labute approximate surface area is 201 Å². The molecule has 1 aliphatic rings. The summed E-state index contributed by atoms with van der Waals surface area (Å²) in [6.45, 7) is 12.4. The van der Waals surface area contributed by atoms with Crippen LogP contribution < -0.4 is 15.5 Å². The van der Waals surface area contributed by atoms with E-state index < -0.39 is 0 Å². The van der Waals surface area contributed by atoms with Crippen LogP contribution >= 0.6 is 35.3 Å². The lowest BCUT2D eigenvalue weighted by atomic mass is 10.1. The summed E-state index contributed by atoms with van der Waals surface area (Å²) in [5, 5.41) is 14.8. The molecule has 3 rings (SSSR count). The molecular weight excluding hydrogens is 509 g/mol. The van der Waals surface area contributed by atoms with Gasteiger partial charge >= 0.3 is 0 Å². The van der Waals surface area contributed by atoms with Crippen molar-refractivity contribution < 1.29 is 0 Å². The molecule has 1 atom stereocenters. The molecule has 0 aromatic carbocycles. The highest BCUT2D eigenvalue weighted by molar-refractivity contribution is 14.0. The lowest BCUT2D eigenvalue weighted by Crippen LogP contribution is -2.43. The molecule has 2 aromatic rings. The minimum Gasteiger partial charge on any atom is -0.357 e. The number of halogens is 1. The number of aliphatic imine (C=N–C) groups is 1. The van der Waals surface area contributed by atoms with Crippen molar-refractivity contribution in [3.8, 4) is 0 Å². The second kappa shape index (κ2) is 11.9. The maximum Gasteiger partial charge on any atom is 0.191 e. The van der Waals surface area contributed by atoms with Crippen molar-refractivity contribution in [2.75, 3.05) is 31.1 Å². The number of nitrogens with zero attached hydrogens (tertiary/aromatic N) is 5. The molecule has 9 heteroatoms. The van der Waals surface area contributed by atoms with Crippen LogP contribution in [0.1, 0.15) is 49.3 Å². The molecule has 3 heterocycles. The molecule has 0 aliphatic carbocycles. The van der Waals surface area contributed by atoms with Gasteiger partial charge in [-0.15, -0.1) is 35.3 Å². The monoisotopic (exact) mass is 545 g/mol. The second-order valence-corrected chi connectivity index (χ2v) is 8.69. The molecule has 168 valence electrons. The zero-order valence-electron chi connectivity index (χ0n) is 18.9. The summed E-state index contributed by atoms with van der Waals surface area (Å²) in [7, 11) is 2.00. The molecule has 1 saturated heterocycles. The third-order valence-electron chi connectivity index (χ3n) is 5.45. The van der Waals surface area contributed by atoms with Crippen LogP contribution in [0.5, 0.6) is 0 Å². The minimum atomic E-state index is 0. The fourth-order valence-electron chi connectivity index (χ4n) is 3.77. The van der Waals surface area contributed by atoms with Crippen LogP contribution in [0.3, 0.4) is 0 Å². The number of aromatic nitrogens is 3. The molecule has 1 unspecified atom stereocenters. The number of nitrogens with one attached hydrogen (secondary N) is 2. The molecule has 0 bridgehead atoms. The number of rotatable bonds is 8. The number of hydrogen-bond donors (Lipinski definition) is 2. The Kier molecular flexibility index (Phi) is 9.86. The maximum absolute atomic E-state index is 4.80. The molecule has 7 nitrogen and oxygen atoms in total. The molecule has 2 N–H and O–H groups in total.